The fourth-order valence-corrected chi connectivity index (χ4v) is 7.81. The van der Waals surface area contributed by atoms with Gasteiger partial charge in [-0.25, -0.2) is 0 Å². The van der Waals surface area contributed by atoms with E-state index in [1.165, 1.54) is 88.4 Å². The molecule has 10 aromatic rings. The Morgan fingerprint density at radius 3 is 1.32 bits per heavy atom. The first-order valence-electron chi connectivity index (χ1n) is 17.2. The summed E-state index contributed by atoms with van der Waals surface area (Å²) in [5, 5.41) is 5.01. The average Bonchev–Trinajstić information content (AvgIpc) is 3.71. The molecule has 0 atom stereocenters. The zero-order chi connectivity index (χ0) is 33.0. The lowest BCUT2D eigenvalue weighted by molar-refractivity contribution is 1.18. The van der Waals surface area contributed by atoms with Crippen LogP contribution in [0.3, 0.4) is 0 Å². The van der Waals surface area contributed by atoms with E-state index in [0.29, 0.717) is 0 Å². The van der Waals surface area contributed by atoms with Gasteiger partial charge in [-0.05, 0) is 82.4 Å². The van der Waals surface area contributed by atoms with E-state index in [2.05, 4.69) is 203 Å². The predicted octanol–water partition coefficient (Wildman–Crippen LogP) is 12.9. The van der Waals surface area contributed by atoms with Gasteiger partial charge in [-0.15, -0.1) is 0 Å². The molecule has 10 rings (SSSR count). The molecule has 234 valence electrons. The van der Waals surface area contributed by atoms with Crippen molar-refractivity contribution in [3.63, 3.8) is 0 Å². The van der Waals surface area contributed by atoms with E-state index in [-0.39, 0.29) is 0 Å². The van der Waals surface area contributed by atoms with Crippen molar-refractivity contribution in [3.05, 3.63) is 194 Å². The summed E-state index contributed by atoms with van der Waals surface area (Å²) in [7, 11) is 0. The standard InChI is InChI=1S/C48H32N2/c1-4-14-33(15-5-1)37-24-27-39(34-16-6-2-7-17-34)48(32-37)50-45-23-13-11-21-41(45)43-31-36(26-29-47(43)50)35-25-28-46-42(30-35)40-20-10-12-22-44(40)49(46)38-18-8-3-9-19-38/h1-32H. The molecule has 2 heteroatoms. The number of hydrogen-bond acceptors (Lipinski definition) is 0. The molecule has 0 spiro atoms. The largest absolute Gasteiger partial charge is 0.309 e. The molecule has 0 amide bonds. The van der Waals surface area contributed by atoms with E-state index in [9.17, 15) is 0 Å². The van der Waals surface area contributed by atoms with E-state index < -0.39 is 0 Å². The van der Waals surface area contributed by atoms with Crippen molar-refractivity contribution in [2.45, 2.75) is 0 Å². The molecule has 2 aromatic heterocycles. The summed E-state index contributed by atoms with van der Waals surface area (Å²) in [6.45, 7) is 0. The second-order valence-corrected chi connectivity index (χ2v) is 13.0. The second-order valence-electron chi connectivity index (χ2n) is 13.0. The van der Waals surface area contributed by atoms with Gasteiger partial charge >= 0.3 is 0 Å². The maximum atomic E-state index is 2.46. The molecule has 0 saturated heterocycles. The number of rotatable bonds is 5. The molecule has 0 saturated carbocycles. The van der Waals surface area contributed by atoms with Crippen LogP contribution in [0.25, 0.3) is 88.4 Å². The molecule has 0 radical (unpaired) electrons. The smallest absolute Gasteiger partial charge is 0.0546 e. The number of para-hydroxylation sites is 3. The summed E-state index contributed by atoms with van der Waals surface area (Å²) in [4.78, 5) is 0. The number of benzene rings is 8. The molecule has 0 fully saturated rings. The molecule has 8 aromatic carbocycles. The Morgan fingerprint density at radius 2 is 0.700 bits per heavy atom. The number of nitrogens with zero attached hydrogens (tertiary/aromatic N) is 2. The molecular weight excluding hydrogens is 605 g/mol. The lowest BCUT2D eigenvalue weighted by atomic mass is 9.98. The highest BCUT2D eigenvalue weighted by atomic mass is 15.0. The van der Waals surface area contributed by atoms with Gasteiger partial charge in [-0.2, -0.15) is 0 Å². The van der Waals surface area contributed by atoms with Crippen LogP contribution in [0.4, 0.5) is 0 Å². The van der Waals surface area contributed by atoms with Crippen LogP contribution in [0.5, 0.6) is 0 Å². The van der Waals surface area contributed by atoms with Crippen molar-refractivity contribution in [2.75, 3.05) is 0 Å². The summed E-state index contributed by atoms with van der Waals surface area (Å²) in [5.41, 5.74) is 14.4. The minimum atomic E-state index is 1.17. The maximum Gasteiger partial charge on any atom is 0.0546 e. The van der Waals surface area contributed by atoms with E-state index in [1.54, 1.807) is 0 Å². The van der Waals surface area contributed by atoms with Crippen molar-refractivity contribution in [3.8, 4) is 44.8 Å². The van der Waals surface area contributed by atoms with Crippen LogP contribution in [-0.4, -0.2) is 9.13 Å². The third-order valence-corrected chi connectivity index (χ3v) is 10.1. The number of aromatic nitrogens is 2. The monoisotopic (exact) mass is 636 g/mol. The van der Waals surface area contributed by atoms with Gasteiger partial charge in [-0.1, -0.05) is 140 Å². The van der Waals surface area contributed by atoms with Crippen molar-refractivity contribution >= 4 is 43.6 Å². The fraction of sp³-hybridized carbons (Fsp3) is 0. The molecule has 0 bridgehead atoms. The van der Waals surface area contributed by atoms with Gasteiger partial charge < -0.3 is 9.13 Å². The zero-order valence-electron chi connectivity index (χ0n) is 27.4. The van der Waals surface area contributed by atoms with Crippen LogP contribution in [0.15, 0.2) is 194 Å². The summed E-state index contributed by atoms with van der Waals surface area (Å²) >= 11 is 0. The van der Waals surface area contributed by atoms with Crippen molar-refractivity contribution in [2.24, 2.45) is 0 Å². The third kappa shape index (κ3) is 4.50. The van der Waals surface area contributed by atoms with Crippen molar-refractivity contribution in [1.29, 1.82) is 0 Å². The topological polar surface area (TPSA) is 9.86 Å². The lowest BCUT2D eigenvalue weighted by Gasteiger charge is -2.16. The zero-order valence-corrected chi connectivity index (χ0v) is 27.4. The molecule has 0 aliphatic carbocycles. The number of fused-ring (bicyclic) bond motifs is 6. The highest BCUT2D eigenvalue weighted by Crippen LogP contribution is 2.41. The van der Waals surface area contributed by atoms with E-state index >= 15 is 0 Å². The molecule has 2 heterocycles. The Morgan fingerprint density at radius 1 is 0.260 bits per heavy atom. The van der Waals surface area contributed by atoms with Crippen LogP contribution in [0.1, 0.15) is 0 Å². The highest BCUT2D eigenvalue weighted by molar-refractivity contribution is 6.13. The first-order chi connectivity index (χ1) is 24.8. The fourth-order valence-electron chi connectivity index (χ4n) is 7.81. The van der Waals surface area contributed by atoms with E-state index in [4.69, 9.17) is 0 Å². The second kappa shape index (κ2) is 11.5. The first-order valence-corrected chi connectivity index (χ1v) is 17.2. The Labute approximate surface area is 290 Å². The maximum absolute atomic E-state index is 2.46. The molecule has 2 nitrogen and oxygen atoms in total. The Hall–Kier alpha value is -6.64. The Kier molecular flexibility index (Phi) is 6.53. The van der Waals surface area contributed by atoms with Crippen LogP contribution in [0.2, 0.25) is 0 Å². The Balaban J connectivity index is 1.19. The van der Waals surface area contributed by atoms with Crippen LogP contribution >= 0.6 is 0 Å². The van der Waals surface area contributed by atoms with Crippen molar-refractivity contribution < 1.29 is 0 Å². The molecule has 0 aliphatic rings. The molecule has 0 N–H and O–H groups in total. The van der Waals surface area contributed by atoms with E-state index in [1.807, 2.05) is 0 Å². The summed E-state index contributed by atoms with van der Waals surface area (Å²) < 4.78 is 4.83. The van der Waals surface area contributed by atoms with Gasteiger partial charge in [0.2, 0.25) is 0 Å². The lowest BCUT2D eigenvalue weighted by Crippen LogP contribution is -1.98. The molecule has 50 heavy (non-hydrogen) atoms. The van der Waals surface area contributed by atoms with Crippen LogP contribution in [-0.2, 0) is 0 Å². The third-order valence-electron chi connectivity index (χ3n) is 10.1. The molecular formula is C48H32N2. The quantitative estimate of drug-likeness (QED) is 0.178. The van der Waals surface area contributed by atoms with Crippen molar-refractivity contribution in [1.82, 2.24) is 9.13 Å². The van der Waals surface area contributed by atoms with Gasteiger partial charge in [0, 0.05) is 32.8 Å². The highest BCUT2D eigenvalue weighted by Gasteiger charge is 2.18. The molecule has 0 aliphatic heterocycles. The summed E-state index contributed by atoms with van der Waals surface area (Å²) in [5.74, 6) is 0. The normalized spacial score (nSPS) is 11.6. The van der Waals surface area contributed by atoms with Gasteiger partial charge in [0.15, 0.2) is 0 Å². The Bertz CT molecular complexity index is 2840. The predicted molar refractivity (Wildman–Crippen MR) is 211 cm³/mol. The van der Waals surface area contributed by atoms with Gasteiger partial charge in [0.25, 0.3) is 0 Å². The van der Waals surface area contributed by atoms with Gasteiger partial charge in [-0.3, -0.25) is 0 Å². The van der Waals surface area contributed by atoms with Crippen LogP contribution < -0.4 is 0 Å². The average molecular weight is 637 g/mol. The van der Waals surface area contributed by atoms with Crippen LogP contribution in [0, 0.1) is 0 Å². The van der Waals surface area contributed by atoms with Gasteiger partial charge in [0.1, 0.15) is 0 Å². The summed E-state index contributed by atoms with van der Waals surface area (Å²) in [6.07, 6.45) is 0. The van der Waals surface area contributed by atoms with E-state index in [0.717, 1.165) is 0 Å². The SMILES string of the molecule is c1ccc(-c2ccc(-c3ccccc3)c(-n3c4ccccc4c4cc(-c5ccc6c(c5)c5ccccc5n6-c5ccccc5)ccc43)c2)cc1. The first kappa shape index (κ1) is 28.4. The summed E-state index contributed by atoms with van der Waals surface area (Å²) in [6, 6.07) is 70.4. The number of hydrogen-bond donors (Lipinski definition) is 0. The molecule has 0 unspecified atom stereocenters. The van der Waals surface area contributed by atoms with Gasteiger partial charge in [0.05, 0.1) is 27.8 Å². The minimum Gasteiger partial charge on any atom is -0.309 e. The minimum absolute atomic E-state index is 1.17.